The van der Waals surface area contributed by atoms with Crippen molar-refractivity contribution >= 4 is 17.2 Å². The van der Waals surface area contributed by atoms with Crippen molar-refractivity contribution in [3.05, 3.63) is 69.9 Å². The number of aromatic nitrogens is 1. The van der Waals surface area contributed by atoms with E-state index in [0.29, 0.717) is 11.4 Å². The number of nitrogens with two attached hydrogens (primary N) is 2. The maximum Gasteiger partial charge on any atom is 0.261 e. The summed E-state index contributed by atoms with van der Waals surface area (Å²) >= 11 is 0. The number of pyridine rings is 1. The summed E-state index contributed by atoms with van der Waals surface area (Å²) in [6.07, 6.45) is 8.33. The van der Waals surface area contributed by atoms with E-state index in [1.54, 1.807) is 23.5 Å². The summed E-state index contributed by atoms with van der Waals surface area (Å²) in [7, 11) is 0. The number of benzene rings is 1. The van der Waals surface area contributed by atoms with Gasteiger partial charge in [0.25, 0.3) is 5.56 Å². The summed E-state index contributed by atoms with van der Waals surface area (Å²) in [5, 5.41) is 26.1. The minimum absolute atomic E-state index is 0.0217. The van der Waals surface area contributed by atoms with Crippen LogP contribution in [0.5, 0.6) is 0 Å². The molecular weight excluding hydrogens is 428 g/mol. The van der Waals surface area contributed by atoms with Gasteiger partial charge in [-0.05, 0) is 62.9 Å². The molecule has 1 fully saturated rings. The van der Waals surface area contributed by atoms with Gasteiger partial charge in [-0.15, -0.1) is 0 Å². The molecule has 0 amide bonds. The Kier molecular flexibility index (Phi) is 7.64. The number of amidine groups is 1. The van der Waals surface area contributed by atoms with Crippen LogP contribution in [-0.2, 0) is 5.54 Å². The number of aryl methyl sites for hydroxylation is 1. The Morgan fingerprint density at radius 2 is 2.06 bits per heavy atom. The SMILES string of the molecule is Cc1cc(NC(=N)c2c(N[C@H]3CCCCC3C#N)cc[nH]c2=O)ccc1C(C)(C)N(N)/C=C\N. The fraction of sp³-hybridized carbons (Fsp3) is 0.400. The second-order valence-corrected chi connectivity index (χ2v) is 9.20. The lowest BCUT2D eigenvalue weighted by Crippen LogP contribution is -2.43. The first-order valence-electron chi connectivity index (χ1n) is 11.5. The Hall–Kier alpha value is -3.77. The number of H-pyrrole nitrogens is 1. The van der Waals surface area contributed by atoms with Crippen molar-refractivity contribution in [2.75, 3.05) is 10.6 Å². The van der Waals surface area contributed by atoms with Gasteiger partial charge in [0.15, 0.2) is 0 Å². The van der Waals surface area contributed by atoms with Gasteiger partial charge in [-0.2, -0.15) is 5.26 Å². The molecule has 0 radical (unpaired) electrons. The van der Waals surface area contributed by atoms with Crippen LogP contribution in [0.4, 0.5) is 11.4 Å². The third-order valence-corrected chi connectivity index (χ3v) is 6.53. The summed E-state index contributed by atoms with van der Waals surface area (Å²) in [6.45, 7) is 5.96. The van der Waals surface area contributed by atoms with Crippen LogP contribution in [0.3, 0.4) is 0 Å². The van der Waals surface area contributed by atoms with E-state index in [4.69, 9.17) is 17.0 Å². The predicted molar refractivity (Wildman–Crippen MR) is 136 cm³/mol. The molecule has 0 spiro atoms. The number of nitriles is 1. The monoisotopic (exact) mass is 462 g/mol. The standard InChI is InChI=1S/C25H34N8O/c1-16-14-18(8-9-19(16)25(2,3)33(29)13-11-26)31-23(28)22-21(10-12-30-24(22)34)32-20-7-5-4-6-17(20)15-27/h8-14,17,20H,4-7,26,29H2,1-3H3,(H2,28,31)(H2,30,32,34)/b13-11-/t17?,20-/m0/s1. The molecule has 1 aliphatic rings. The van der Waals surface area contributed by atoms with Crippen LogP contribution in [0, 0.1) is 29.6 Å². The van der Waals surface area contributed by atoms with Crippen LogP contribution in [0.1, 0.15) is 56.2 Å². The molecule has 3 rings (SSSR count). The number of hydrazine groups is 1. The van der Waals surface area contributed by atoms with E-state index in [-0.39, 0.29) is 28.9 Å². The van der Waals surface area contributed by atoms with Crippen LogP contribution in [0.15, 0.2) is 47.7 Å². The van der Waals surface area contributed by atoms with Crippen molar-refractivity contribution in [2.24, 2.45) is 17.5 Å². The zero-order valence-electron chi connectivity index (χ0n) is 20.0. The van der Waals surface area contributed by atoms with Gasteiger partial charge in [-0.3, -0.25) is 10.2 Å². The number of nitrogens with zero attached hydrogens (tertiary/aromatic N) is 2. The molecule has 0 saturated heterocycles. The molecule has 180 valence electrons. The van der Waals surface area contributed by atoms with Gasteiger partial charge in [-0.1, -0.05) is 18.9 Å². The molecule has 8 N–H and O–H groups in total. The van der Waals surface area contributed by atoms with Crippen LogP contribution in [0.25, 0.3) is 0 Å². The molecule has 0 aliphatic heterocycles. The fourth-order valence-corrected chi connectivity index (χ4v) is 4.56. The smallest absolute Gasteiger partial charge is 0.261 e. The Labute approximate surface area is 200 Å². The van der Waals surface area contributed by atoms with E-state index < -0.39 is 5.54 Å². The van der Waals surface area contributed by atoms with Crippen LogP contribution in [-0.4, -0.2) is 21.9 Å². The quantitative estimate of drug-likeness (QED) is 0.159. The molecule has 34 heavy (non-hydrogen) atoms. The van der Waals surface area contributed by atoms with Crippen LogP contribution >= 0.6 is 0 Å². The molecule has 2 aromatic rings. The Morgan fingerprint density at radius 1 is 1.32 bits per heavy atom. The number of anilines is 2. The number of rotatable bonds is 7. The highest BCUT2D eigenvalue weighted by Crippen LogP contribution is 2.31. The first-order valence-corrected chi connectivity index (χ1v) is 11.5. The molecule has 1 aromatic carbocycles. The summed E-state index contributed by atoms with van der Waals surface area (Å²) in [6, 6.07) is 9.80. The maximum absolute atomic E-state index is 12.7. The van der Waals surface area contributed by atoms with E-state index in [2.05, 4.69) is 21.7 Å². The van der Waals surface area contributed by atoms with Gasteiger partial charge in [0, 0.05) is 30.3 Å². The summed E-state index contributed by atoms with van der Waals surface area (Å²) in [4.78, 5) is 15.3. The molecular formula is C25H34N8O. The summed E-state index contributed by atoms with van der Waals surface area (Å²) < 4.78 is 0. The van der Waals surface area contributed by atoms with Gasteiger partial charge in [0.2, 0.25) is 0 Å². The zero-order chi connectivity index (χ0) is 24.9. The normalized spacial score (nSPS) is 18.3. The highest BCUT2D eigenvalue weighted by molar-refractivity contribution is 6.09. The number of nitrogens with one attached hydrogen (secondary N) is 4. The van der Waals surface area contributed by atoms with Crippen molar-refractivity contribution < 1.29 is 0 Å². The Balaban J connectivity index is 1.84. The first kappa shape index (κ1) is 24.9. The van der Waals surface area contributed by atoms with Crippen molar-refractivity contribution in [2.45, 2.75) is 58.0 Å². The van der Waals surface area contributed by atoms with E-state index >= 15 is 0 Å². The van der Waals surface area contributed by atoms with Crippen molar-refractivity contribution in [1.82, 2.24) is 9.99 Å². The lowest BCUT2D eigenvalue weighted by atomic mass is 9.85. The molecule has 1 aromatic heterocycles. The molecule has 9 nitrogen and oxygen atoms in total. The van der Waals surface area contributed by atoms with Crippen LogP contribution in [0.2, 0.25) is 0 Å². The van der Waals surface area contributed by atoms with Crippen molar-refractivity contribution in [1.29, 1.82) is 10.7 Å². The highest BCUT2D eigenvalue weighted by atomic mass is 16.1. The first-order chi connectivity index (χ1) is 16.2. The molecule has 1 saturated carbocycles. The predicted octanol–water partition coefficient (Wildman–Crippen LogP) is 3.46. The summed E-state index contributed by atoms with van der Waals surface area (Å²) in [5.41, 5.74) is 8.05. The van der Waals surface area contributed by atoms with Gasteiger partial charge >= 0.3 is 0 Å². The molecule has 0 bridgehead atoms. The molecule has 1 aliphatic carbocycles. The van der Waals surface area contributed by atoms with Gasteiger partial charge < -0.3 is 26.4 Å². The van der Waals surface area contributed by atoms with Gasteiger partial charge in [0.1, 0.15) is 11.4 Å². The molecule has 2 atom stereocenters. The lowest BCUT2D eigenvalue weighted by molar-refractivity contribution is 0.188. The average molecular weight is 463 g/mol. The number of hydrogen-bond acceptors (Lipinski definition) is 7. The van der Waals surface area contributed by atoms with Crippen molar-refractivity contribution in [3.63, 3.8) is 0 Å². The largest absolute Gasteiger partial charge is 0.403 e. The van der Waals surface area contributed by atoms with E-state index in [1.165, 1.54) is 6.20 Å². The van der Waals surface area contributed by atoms with Crippen LogP contribution < -0.4 is 27.8 Å². The highest BCUT2D eigenvalue weighted by Gasteiger charge is 2.28. The number of aromatic amines is 1. The lowest BCUT2D eigenvalue weighted by Gasteiger charge is -2.35. The third kappa shape index (κ3) is 5.24. The minimum Gasteiger partial charge on any atom is -0.403 e. The van der Waals surface area contributed by atoms with E-state index in [1.807, 2.05) is 39.0 Å². The third-order valence-electron chi connectivity index (χ3n) is 6.53. The van der Waals surface area contributed by atoms with E-state index in [0.717, 1.165) is 36.8 Å². The Bertz CT molecular complexity index is 1160. The molecule has 1 unspecified atom stereocenters. The average Bonchev–Trinajstić information content (AvgIpc) is 2.79. The molecule has 9 heteroatoms. The number of hydrogen-bond donors (Lipinski definition) is 6. The second kappa shape index (κ2) is 10.4. The zero-order valence-corrected chi connectivity index (χ0v) is 20.0. The fourth-order valence-electron chi connectivity index (χ4n) is 4.56. The van der Waals surface area contributed by atoms with Crippen molar-refractivity contribution in [3.8, 4) is 6.07 Å². The second-order valence-electron chi connectivity index (χ2n) is 9.20. The maximum atomic E-state index is 12.7. The topological polar surface area (TPSA) is 160 Å². The van der Waals surface area contributed by atoms with E-state index in [9.17, 15) is 10.1 Å². The van der Waals surface area contributed by atoms with Gasteiger partial charge in [0.05, 0.1) is 23.2 Å². The summed E-state index contributed by atoms with van der Waals surface area (Å²) in [5.74, 6) is 6.00. The molecule has 1 heterocycles. The Morgan fingerprint density at radius 3 is 2.74 bits per heavy atom. The minimum atomic E-state index is -0.503. The van der Waals surface area contributed by atoms with Gasteiger partial charge in [-0.25, -0.2) is 5.84 Å².